The standard InChI is InChI=1S/C25H21N5O8S3/c31-17(10-14-4-2-1-3-5-14)28-19-22(32)30-20(24(33)34)15(12-39-23(19)30)11-38-25(35)18-21(40-13-27-18)29-41(36,37)16-6-8-26-9-7-16/h1-9,13,19,23,29H,10-12H2,(H,28,31)(H,33,34)/t19-,23-/m1/s1. The van der Waals surface area contributed by atoms with Crippen LogP contribution in [0.5, 0.6) is 0 Å². The van der Waals surface area contributed by atoms with Gasteiger partial charge in [-0.1, -0.05) is 30.3 Å². The topological polar surface area (TPSA) is 185 Å². The van der Waals surface area contributed by atoms with Crippen LogP contribution in [0, 0.1) is 0 Å². The lowest BCUT2D eigenvalue weighted by molar-refractivity contribution is -0.150. The molecule has 2 amide bonds. The van der Waals surface area contributed by atoms with Crippen molar-refractivity contribution in [2.75, 3.05) is 17.1 Å². The van der Waals surface area contributed by atoms with Gasteiger partial charge in [-0.2, -0.15) is 0 Å². The summed E-state index contributed by atoms with van der Waals surface area (Å²) in [6.07, 6.45) is 2.68. The number of pyridine rings is 1. The van der Waals surface area contributed by atoms with Gasteiger partial charge in [0.1, 0.15) is 28.7 Å². The van der Waals surface area contributed by atoms with Gasteiger partial charge in [0.15, 0.2) is 5.69 Å². The number of aliphatic carboxylic acids is 1. The van der Waals surface area contributed by atoms with E-state index in [1.54, 1.807) is 24.3 Å². The largest absolute Gasteiger partial charge is 0.477 e. The quantitative estimate of drug-likeness (QED) is 0.222. The number of thioether (sulfide) groups is 1. The summed E-state index contributed by atoms with van der Waals surface area (Å²) in [5.41, 5.74) is 1.58. The molecule has 41 heavy (non-hydrogen) atoms. The van der Waals surface area contributed by atoms with Crippen molar-refractivity contribution in [3.63, 3.8) is 0 Å². The predicted octanol–water partition coefficient (Wildman–Crippen LogP) is 1.48. The van der Waals surface area contributed by atoms with Gasteiger partial charge in [0, 0.05) is 23.7 Å². The van der Waals surface area contributed by atoms with E-state index in [1.165, 1.54) is 41.8 Å². The number of hydrogen-bond donors (Lipinski definition) is 3. The summed E-state index contributed by atoms with van der Waals surface area (Å²) in [6, 6.07) is 10.7. The second-order valence-electron chi connectivity index (χ2n) is 8.77. The molecule has 0 saturated carbocycles. The number of anilines is 1. The molecule has 16 heteroatoms. The number of carbonyl (C=O) groups excluding carboxylic acids is 3. The van der Waals surface area contributed by atoms with Crippen LogP contribution < -0.4 is 10.0 Å². The van der Waals surface area contributed by atoms with E-state index in [1.807, 2.05) is 6.07 Å². The summed E-state index contributed by atoms with van der Waals surface area (Å²) >= 11 is 2.09. The van der Waals surface area contributed by atoms with Gasteiger partial charge in [-0.3, -0.25) is 24.2 Å². The molecule has 13 nitrogen and oxygen atoms in total. The third kappa shape index (κ3) is 5.94. The van der Waals surface area contributed by atoms with Gasteiger partial charge in [0.25, 0.3) is 15.9 Å². The molecule has 0 aliphatic carbocycles. The summed E-state index contributed by atoms with van der Waals surface area (Å²) in [5, 5.41) is 11.8. The van der Waals surface area contributed by atoms with Crippen molar-refractivity contribution < 1.29 is 37.4 Å². The summed E-state index contributed by atoms with van der Waals surface area (Å²) in [4.78, 5) is 58.9. The van der Waals surface area contributed by atoms with Crippen molar-refractivity contribution in [1.82, 2.24) is 20.2 Å². The Kier molecular flexibility index (Phi) is 8.05. The van der Waals surface area contributed by atoms with E-state index in [9.17, 15) is 32.7 Å². The Morgan fingerprint density at radius 3 is 2.56 bits per heavy atom. The molecule has 5 rings (SSSR count). The Bertz CT molecular complexity index is 1640. The maximum atomic E-state index is 12.9. The number of nitrogens with zero attached hydrogens (tertiary/aromatic N) is 3. The van der Waals surface area contributed by atoms with Crippen molar-refractivity contribution in [1.29, 1.82) is 0 Å². The molecule has 0 radical (unpaired) electrons. The molecule has 1 aromatic carbocycles. The molecule has 0 spiro atoms. The number of aromatic nitrogens is 2. The fourth-order valence-electron chi connectivity index (χ4n) is 4.18. The highest BCUT2D eigenvalue weighted by Gasteiger charge is 2.54. The molecule has 212 valence electrons. The van der Waals surface area contributed by atoms with Crippen molar-refractivity contribution in [2.24, 2.45) is 0 Å². The second kappa shape index (κ2) is 11.7. The minimum absolute atomic E-state index is 0.0703. The van der Waals surface area contributed by atoms with E-state index >= 15 is 0 Å². The van der Waals surface area contributed by atoms with E-state index in [0.29, 0.717) is 0 Å². The van der Waals surface area contributed by atoms with Crippen LogP contribution in [0.15, 0.2) is 76.5 Å². The van der Waals surface area contributed by atoms with Gasteiger partial charge in [-0.15, -0.1) is 23.1 Å². The fraction of sp³-hybridized carbons (Fsp3) is 0.200. The Balaban J connectivity index is 1.24. The molecular weight excluding hydrogens is 595 g/mol. The number of amides is 2. The zero-order valence-corrected chi connectivity index (χ0v) is 23.4. The number of sulfonamides is 1. The van der Waals surface area contributed by atoms with E-state index in [0.717, 1.165) is 21.8 Å². The molecule has 4 heterocycles. The van der Waals surface area contributed by atoms with Crippen LogP contribution in [-0.4, -0.2) is 75.9 Å². The van der Waals surface area contributed by atoms with Crippen LogP contribution in [0.4, 0.5) is 5.00 Å². The minimum atomic E-state index is -4.03. The summed E-state index contributed by atoms with van der Waals surface area (Å²) < 4.78 is 32.9. The number of β-lactam (4-membered cyclic amide) rings is 1. The Labute approximate surface area is 241 Å². The predicted molar refractivity (Wildman–Crippen MR) is 147 cm³/mol. The highest BCUT2D eigenvalue weighted by Crippen LogP contribution is 2.40. The highest BCUT2D eigenvalue weighted by molar-refractivity contribution is 8.00. The molecule has 1 fully saturated rings. The summed E-state index contributed by atoms with van der Waals surface area (Å²) in [6.45, 7) is -0.469. The van der Waals surface area contributed by atoms with Crippen molar-refractivity contribution in [2.45, 2.75) is 22.7 Å². The Morgan fingerprint density at radius 2 is 1.85 bits per heavy atom. The summed E-state index contributed by atoms with van der Waals surface area (Å²) in [5.74, 6) is -3.20. The third-order valence-corrected chi connectivity index (χ3v) is 9.68. The second-order valence-corrected chi connectivity index (χ2v) is 12.4. The number of fused-ring (bicyclic) bond motifs is 1. The minimum Gasteiger partial charge on any atom is -0.477 e. The molecule has 2 aliphatic heterocycles. The number of esters is 1. The molecule has 2 aliphatic rings. The van der Waals surface area contributed by atoms with Gasteiger partial charge in [-0.25, -0.2) is 23.0 Å². The highest BCUT2D eigenvalue weighted by atomic mass is 32.2. The number of carboxylic acids is 1. The average Bonchev–Trinajstić information content (AvgIpc) is 3.42. The normalized spacial score (nSPS) is 18.2. The molecule has 2 aromatic heterocycles. The number of carbonyl (C=O) groups is 4. The van der Waals surface area contributed by atoms with Gasteiger partial charge < -0.3 is 15.2 Å². The zero-order chi connectivity index (χ0) is 29.1. The van der Waals surface area contributed by atoms with Gasteiger partial charge in [-0.05, 0) is 17.7 Å². The SMILES string of the molecule is O=C(Cc1ccccc1)N[C@@H]1C(=O)N2C(C(=O)O)=C(COC(=O)c3ncsc3NS(=O)(=O)c3ccncc3)CS[C@H]12. The lowest BCUT2D eigenvalue weighted by atomic mass is 10.0. The lowest BCUT2D eigenvalue weighted by Gasteiger charge is -2.49. The number of carboxylic acid groups (broad SMARTS) is 1. The molecule has 3 aromatic rings. The first-order valence-corrected chi connectivity index (χ1v) is 15.3. The van der Waals surface area contributed by atoms with E-state index in [-0.39, 0.29) is 44.9 Å². The van der Waals surface area contributed by atoms with Gasteiger partial charge >= 0.3 is 11.9 Å². The van der Waals surface area contributed by atoms with E-state index in [4.69, 9.17) is 4.74 Å². The monoisotopic (exact) mass is 615 g/mol. The molecule has 1 saturated heterocycles. The number of benzene rings is 1. The number of rotatable bonds is 10. The Hall–Kier alpha value is -4.28. The molecule has 0 bridgehead atoms. The van der Waals surface area contributed by atoms with Crippen molar-refractivity contribution in [3.8, 4) is 0 Å². The van der Waals surface area contributed by atoms with Crippen LogP contribution >= 0.6 is 23.1 Å². The van der Waals surface area contributed by atoms with Crippen LogP contribution in [-0.2, 0) is 35.6 Å². The van der Waals surface area contributed by atoms with E-state index in [2.05, 4.69) is 20.0 Å². The van der Waals surface area contributed by atoms with E-state index < -0.39 is 45.9 Å². The molecule has 3 N–H and O–H groups in total. The third-order valence-electron chi connectivity index (χ3n) is 6.10. The first-order chi connectivity index (χ1) is 19.7. The van der Waals surface area contributed by atoms with Crippen molar-refractivity contribution in [3.05, 3.63) is 82.9 Å². The first kappa shape index (κ1) is 28.3. The number of ether oxygens (including phenoxy) is 1. The number of nitrogens with one attached hydrogen (secondary N) is 2. The molecule has 2 atom stereocenters. The average molecular weight is 616 g/mol. The number of thiazole rings is 1. The van der Waals surface area contributed by atoms with Gasteiger partial charge in [0.05, 0.1) is 16.8 Å². The van der Waals surface area contributed by atoms with Crippen LogP contribution in [0.1, 0.15) is 16.1 Å². The van der Waals surface area contributed by atoms with Gasteiger partial charge in [0.2, 0.25) is 5.91 Å². The maximum absolute atomic E-state index is 12.9. The first-order valence-electron chi connectivity index (χ1n) is 11.9. The number of hydrogen-bond acceptors (Lipinski definition) is 11. The summed E-state index contributed by atoms with van der Waals surface area (Å²) in [7, 11) is -4.03. The molecule has 0 unspecified atom stereocenters. The van der Waals surface area contributed by atoms with Crippen molar-refractivity contribution >= 4 is 61.9 Å². The maximum Gasteiger partial charge on any atom is 0.360 e. The van der Waals surface area contributed by atoms with Crippen LogP contribution in [0.3, 0.4) is 0 Å². The zero-order valence-electron chi connectivity index (χ0n) is 20.9. The van der Waals surface area contributed by atoms with Crippen LogP contribution in [0.2, 0.25) is 0 Å². The lowest BCUT2D eigenvalue weighted by Crippen LogP contribution is -2.70. The molecular formula is C25H21N5O8S3. The van der Waals surface area contributed by atoms with Crippen LogP contribution in [0.25, 0.3) is 0 Å². The fourth-order valence-corrected chi connectivity index (χ4v) is 7.48. The Morgan fingerprint density at radius 1 is 1.12 bits per heavy atom. The smallest absolute Gasteiger partial charge is 0.360 e.